The number of fused-ring (bicyclic) bond motifs is 2. The van der Waals surface area contributed by atoms with Crippen molar-refractivity contribution in [2.45, 2.75) is 88.9 Å². The van der Waals surface area contributed by atoms with E-state index in [-0.39, 0.29) is 23.2 Å². The summed E-state index contributed by atoms with van der Waals surface area (Å²) in [5.41, 5.74) is -0.581. The van der Waals surface area contributed by atoms with E-state index in [1.54, 1.807) is 6.92 Å². The van der Waals surface area contributed by atoms with E-state index in [2.05, 4.69) is 6.92 Å². The molecule has 0 aromatic rings. The van der Waals surface area contributed by atoms with Gasteiger partial charge in [-0.05, 0) is 38.0 Å². The van der Waals surface area contributed by atoms with Crippen LogP contribution in [-0.4, -0.2) is 81.8 Å². The molecule has 0 spiro atoms. The molecule has 3 rings (SSSR count). The van der Waals surface area contributed by atoms with Gasteiger partial charge in [0.05, 0.1) is 24.9 Å². The van der Waals surface area contributed by atoms with Crippen LogP contribution in [0.25, 0.3) is 0 Å². The number of hydrogen-bond donors (Lipinski definition) is 4. The average Bonchev–Trinajstić information content (AvgIpc) is 2.74. The van der Waals surface area contributed by atoms with Crippen LogP contribution in [0.1, 0.15) is 46.5 Å². The second kappa shape index (κ2) is 7.67. The Hall–Kier alpha value is -0.610. The Morgan fingerprint density at radius 1 is 1.15 bits per heavy atom. The molecule has 2 saturated heterocycles. The molecule has 2 aliphatic heterocycles. The van der Waals surface area contributed by atoms with Crippen molar-refractivity contribution in [3.05, 3.63) is 0 Å². The molecule has 9 atom stereocenters. The number of ketones is 1. The molecule has 0 aromatic heterocycles. The molecule has 2 heterocycles. The fraction of sp³-hybridized carbons (Fsp3) is 0.947. The summed E-state index contributed by atoms with van der Waals surface area (Å²) >= 11 is 0. The van der Waals surface area contributed by atoms with Gasteiger partial charge < -0.3 is 39.4 Å². The first-order chi connectivity index (χ1) is 12.6. The van der Waals surface area contributed by atoms with E-state index in [9.17, 15) is 25.2 Å². The second-order valence-electron chi connectivity index (χ2n) is 8.91. The van der Waals surface area contributed by atoms with Gasteiger partial charge >= 0.3 is 0 Å². The molecular formula is C19H32O8. The summed E-state index contributed by atoms with van der Waals surface area (Å²) in [6.07, 6.45) is -4.08. The Morgan fingerprint density at radius 3 is 2.44 bits per heavy atom. The molecule has 1 aliphatic carbocycles. The third kappa shape index (κ3) is 3.94. The van der Waals surface area contributed by atoms with Crippen LogP contribution in [0.5, 0.6) is 0 Å². The first kappa shape index (κ1) is 21.1. The van der Waals surface area contributed by atoms with E-state index in [1.165, 1.54) is 0 Å². The van der Waals surface area contributed by atoms with Crippen LogP contribution >= 0.6 is 0 Å². The molecule has 27 heavy (non-hydrogen) atoms. The van der Waals surface area contributed by atoms with E-state index in [1.807, 2.05) is 6.92 Å². The van der Waals surface area contributed by atoms with Crippen molar-refractivity contribution in [3.8, 4) is 0 Å². The fourth-order valence-corrected chi connectivity index (χ4v) is 5.18. The summed E-state index contributed by atoms with van der Waals surface area (Å²) in [6.45, 7) is 5.86. The maximum Gasteiger partial charge on any atom is 0.186 e. The molecule has 8 nitrogen and oxygen atoms in total. The summed E-state index contributed by atoms with van der Waals surface area (Å²) in [4.78, 5) is 11.4. The molecule has 156 valence electrons. The van der Waals surface area contributed by atoms with E-state index in [0.717, 1.165) is 6.42 Å². The van der Waals surface area contributed by atoms with Crippen molar-refractivity contribution in [2.75, 3.05) is 13.2 Å². The molecule has 1 saturated carbocycles. The van der Waals surface area contributed by atoms with Crippen molar-refractivity contribution < 1.29 is 39.4 Å². The largest absolute Gasteiger partial charge is 0.394 e. The highest BCUT2D eigenvalue weighted by Crippen LogP contribution is 2.56. The quantitative estimate of drug-likeness (QED) is 0.491. The first-order valence-electron chi connectivity index (χ1n) is 9.69. The summed E-state index contributed by atoms with van der Waals surface area (Å²) in [7, 11) is 0. The highest BCUT2D eigenvalue weighted by Gasteiger charge is 2.59. The number of aliphatic hydroxyl groups is 4. The molecule has 3 fully saturated rings. The highest BCUT2D eigenvalue weighted by atomic mass is 16.7. The van der Waals surface area contributed by atoms with Crippen LogP contribution in [0.2, 0.25) is 0 Å². The standard InChI is InChI=1S/C19H32O8/c1-10(21)4-5-13-18(2)6-11(7-19(13,3)25-9-18)26-17-16(24)15(23)14(22)12(8-20)27-17/h11-17,20,22-24H,4-9H2,1-3H3/t11-,12+,13+,14+,15-,16+,17+,18-,19-/m0/s1. The predicted octanol–water partition coefficient (Wildman–Crippen LogP) is -0.254. The van der Waals surface area contributed by atoms with Gasteiger partial charge in [-0.3, -0.25) is 0 Å². The SMILES string of the molecule is CC(=O)CC[C@@H]1[C@]2(C)CO[C@@]1(C)C[C@@H](O[C@@H]1O[C@H](CO)[C@@H](O)[C@H](O)[C@H]1O)C2. The highest BCUT2D eigenvalue weighted by molar-refractivity contribution is 5.75. The van der Waals surface area contributed by atoms with Gasteiger partial charge in [0, 0.05) is 12.8 Å². The number of rotatable bonds is 6. The zero-order chi connectivity index (χ0) is 20.0. The van der Waals surface area contributed by atoms with Gasteiger partial charge in [-0.25, -0.2) is 0 Å². The molecule has 0 amide bonds. The maximum atomic E-state index is 11.4. The van der Waals surface area contributed by atoms with Crippen LogP contribution in [0.4, 0.5) is 0 Å². The van der Waals surface area contributed by atoms with E-state index in [0.29, 0.717) is 25.9 Å². The summed E-state index contributed by atoms with van der Waals surface area (Å²) in [5.74, 6) is 0.407. The fourth-order valence-electron chi connectivity index (χ4n) is 5.18. The van der Waals surface area contributed by atoms with Crippen LogP contribution in [-0.2, 0) is 19.0 Å². The minimum absolute atomic E-state index is 0.152. The van der Waals surface area contributed by atoms with Crippen LogP contribution in [0, 0.1) is 11.3 Å². The van der Waals surface area contributed by atoms with Crippen LogP contribution in [0.3, 0.4) is 0 Å². The Kier molecular flexibility index (Phi) is 5.99. The maximum absolute atomic E-state index is 11.4. The van der Waals surface area contributed by atoms with Gasteiger partial charge in [-0.15, -0.1) is 0 Å². The van der Waals surface area contributed by atoms with Gasteiger partial charge in [0.2, 0.25) is 0 Å². The molecule has 0 radical (unpaired) electrons. The topological polar surface area (TPSA) is 126 Å². The third-order valence-corrected chi connectivity index (χ3v) is 6.60. The van der Waals surface area contributed by atoms with Crippen molar-refractivity contribution in [1.82, 2.24) is 0 Å². The number of hydrogen-bond acceptors (Lipinski definition) is 8. The van der Waals surface area contributed by atoms with E-state index >= 15 is 0 Å². The molecule has 2 bridgehead atoms. The van der Waals surface area contributed by atoms with Gasteiger partial charge in [0.15, 0.2) is 6.29 Å². The summed E-state index contributed by atoms with van der Waals surface area (Å²) < 4.78 is 17.6. The van der Waals surface area contributed by atoms with Crippen molar-refractivity contribution in [3.63, 3.8) is 0 Å². The van der Waals surface area contributed by atoms with Gasteiger partial charge in [-0.1, -0.05) is 6.92 Å². The van der Waals surface area contributed by atoms with E-state index < -0.39 is 42.9 Å². The zero-order valence-electron chi connectivity index (χ0n) is 16.2. The molecule has 0 unspecified atom stereocenters. The number of carbonyl (C=O) groups excluding carboxylic acids is 1. The lowest BCUT2D eigenvalue weighted by atomic mass is 9.61. The Labute approximate surface area is 159 Å². The summed E-state index contributed by atoms with van der Waals surface area (Å²) in [6, 6.07) is 0. The van der Waals surface area contributed by atoms with Gasteiger partial charge in [-0.2, -0.15) is 0 Å². The monoisotopic (exact) mass is 388 g/mol. The Bertz CT molecular complexity index is 534. The third-order valence-electron chi connectivity index (χ3n) is 6.60. The van der Waals surface area contributed by atoms with Crippen molar-refractivity contribution >= 4 is 5.78 Å². The molecular weight excluding hydrogens is 356 g/mol. The average molecular weight is 388 g/mol. The smallest absolute Gasteiger partial charge is 0.186 e. The normalized spacial score (nSPS) is 50.0. The zero-order valence-corrected chi connectivity index (χ0v) is 16.2. The minimum atomic E-state index is -1.45. The number of ether oxygens (including phenoxy) is 3. The number of Topliss-reactive ketones (excluding diaryl/α,β-unsaturated/α-hetero) is 1. The van der Waals surface area contributed by atoms with E-state index in [4.69, 9.17) is 14.2 Å². The van der Waals surface area contributed by atoms with Crippen molar-refractivity contribution in [2.24, 2.45) is 11.3 Å². The summed E-state index contributed by atoms with van der Waals surface area (Å²) in [5, 5.41) is 39.4. The lowest BCUT2D eigenvalue weighted by Gasteiger charge is -2.47. The lowest BCUT2D eigenvalue weighted by molar-refractivity contribution is -0.317. The molecule has 0 aromatic carbocycles. The van der Waals surface area contributed by atoms with Crippen molar-refractivity contribution in [1.29, 1.82) is 0 Å². The van der Waals surface area contributed by atoms with Gasteiger partial charge in [0.25, 0.3) is 0 Å². The van der Waals surface area contributed by atoms with Gasteiger partial charge in [0.1, 0.15) is 30.2 Å². The Balaban J connectivity index is 1.69. The molecule has 4 N–H and O–H groups in total. The minimum Gasteiger partial charge on any atom is -0.394 e. The van der Waals surface area contributed by atoms with Crippen LogP contribution in [0.15, 0.2) is 0 Å². The second-order valence-corrected chi connectivity index (χ2v) is 8.91. The Morgan fingerprint density at radius 2 is 1.85 bits per heavy atom. The predicted molar refractivity (Wildman–Crippen MR) is 93.7 cm³/mol. The first-order valence-corrected chi connectivity index (χ1v) is 9.69. The van der Waals surface area contributed by atoms with Crippen LogP contribution < -0.4 is 0 Å². The number of aliphatic hydroxyl groups excluding tert-OH is 4. The lowest BCUT2D eigenvalue weighted by Crippen LogP contribution is -2.60. The molecule has 8 heteroatoms. The molecule has 3 aliphatic rings. The number of carbonyl (C=O) groups is 1.